The molecule has 26 heavy (non-hydrogen) atoms. The monoisotopic (exact) mass is 380 g/mol. The fraction of sp³-hybridized carbons (Fsp3) is 0.696. The SMILES string of the molecule is CCCCCCCCCCCCCCCC(=O)OCc1cccc(Cl)c1. The van der Waals surface area contributed by atoms with Crippen molar-refractivity contribution in [2.24, 2.45) is 0 Å². The van der Waals surface area contributed by atoms with Crippen LogP contribution in [0.5, 0.6) is 0 Å². The van der Waals surface area contributed by atoms with Crippen LogP contribution in [-0.2, 0) is 16.1 Å². The molecule has 0 bridgehead atoms. The van der Waals surface area contributed by atoms with Crippen molar-refractivity contribution >= 4 is 17.6 Å². The summed E-state index contributed by atoms with van der Waals surface area (Å²) >= 11 is 5.92. The largest absolute Gasteiger partial charge is 0.461 e. The lowest BCUT2D eigenvalue weighted by atomic mass is 10.0. The van der Waals surface area contributed by atoms with Crippen LogP contribution >= 0.6 is 11.6 Å². The summed E-state index contributed by atoms with van der Waals surface area (Å²) in [5.74, 6) is -0.104. The first kappa shape index (κ1) is 23.0. The lowest BCUT2D eigenvalue weighted by molar-refractivity contribution is -0.145. The lowest BCUT2D eigenvalue weighted by Crippen LogP contribution is -2.04. The van der Waals surface area contributed by atoms with Crippen molar-refractivity contribution < 1.29 is 9.53 Å². The van der Waals surface area contributed by atoms with Gasteiger partial charge in [0.15, 0.2) is 0 Å². The Labute approximate surface area is 165 Å². The Morgan fingerprint density at radius 1 is 0.846 bits per heavy atom. The molecule has 1 aromatic rings. The van der Waals surface area contributed by atoms with Gasteiger partial charge in [-0.1, -0.05) is 108 Å². The maximum absolute atomic E-state index is 11.7. The second-order valence-electron chi connectivity index (χ2n) is 7.28. The zero-order valence-electron chi connectivity index (χ0n) is 16.6. The molecule has 0 aliphatic rings. The fourth-order valence-corrected chi connectivity index (χ4v) is 3.36. The van der Waals surface area contributed by atoms with Gasteiger partial charge in [-0.15, -0.1) is 0 Å². The Kier molecular flexibility index (Phi) is 14.3. The second-order valence-corrected chi connectivity index (χ2v) is 7.72. The molecule has 0 N–H and O–H groups in total. The van der Waals surface area contributed by atoms with Crippen molar-refractivity contribution in [3.05, 3.63) is 34.9 Å². The van der Waals surface area contributed by atoms with Crippen molar-refractivity contribution in [3.63, 3.8) is 0 Å². The molecule has 0 saturated carbocycles. The first-order valence-electron chi connectivity index (χ1n) is 10.6. The average Bonchev–Trinajstić information content (AvgIpc) is 2.64. The van der Waals surface area contributed by atoms with Gasteiger partial charge in [-0.05, 0) is 24.1 Å². The quantitative estimate of drug-likeness (QED) is 0.215. The van der Waals surface area contributed by atoms with Crippen LogP contribution in [-0.4, -0.2) is 5.97 Å². The van der Waals surface area contributed by atoms with E-state index < -0.39 is 0 Å². The Hall–Kier alpha value is -1.02. The first-order valence-corrected chi connectivity index (χ1v) is 11.0. The van der Waals surface area contributed by atoms with Gasteiger partial charge in [0, 0.05) is 11.4 Å². The van der Waals surface area contributed by atoms with Gasteiger partial charge in [0.1, 0.15) is 6.61 Å². The van der Waals surface area contributed by atoms with E-state index in [0.717, 1.165) is 18.4 Å². The zero-order valence-corrected chi connectivity index (χ0v) is 17.4. The van der Waals surface area contributed by atoms with Crippen molar-refractivity contribution in [2.75, 3.05) is 0 Å². The van der Waals surface area contributed by atoms with E-state index in [9.17, 15) is 4.79 Å². The number of esters is 1. The van der Waals surface area contributed by atoms with Crippen molar-refractivity contribution in [1.82, 2.24) is 0 Å². The molecule has 0 unspecified atom stereocenters. The molecule has 0 atom stereocenters. The number of rotatable bonds is 16. The normalized spacial score (nSPS) is 10.8. The molecule has 2 nitrogen and oxygen atoms in total. The van der Waals surface area contributed by atoms with Crippen molar-refractivity contribution in [1.29, 1.82) is 0 Å². The molecule has 0 radical (unpaired) electrons. The molecule has 0 amide bonds. The molecular weight excluding hydrogens is 344 g/mol. The van der Waals surface area contributed by atoms with Gasteiger partial charge in [-0.25, -0.2) is 0 Å². The molecular formula is C23H37ClO2. The average molecular weight is 381 g/mol. The Morgan fingerprint density at radius 3 is 1.92 bits per heavy atom. The molecule has 3 heteroatoms. The summed E-state index contributed by atoms with van der Waals surface area (Å²) in [7, 11) is 0. The molecule has 1 aromatic carbocycles. The summed E-state index contributed by atoms with van der Waals surface area (Å²) in [6, 6.07) is 7.45. The summed E-state index contributed by atoms with van der Waals surface area (Å²) in [4.78, 5) is 11.7. The lowest BCUT2D eigenvalue weighted by Gasteiger charge is -2.06. The summed E-state index contributed by atoms with van der Waals surface area (Å²) in [5.41, 5.74) is 0.941. The van der Waals surface area contributed by atoms with Crippen LogP contribution in [0.3, 0.4) is 0 Å². The van der Waals surface area contributed by atoms with Gasteiger partial charge in [-0.2, -0.15) is 0 Å². The molecule has 0 fully saturated rings. The first-order chi connectivity index (χ1) is 12.7. The number of carbonyl (C=O) groups is 1. The van der Waals surface area contributed by atoms with Gasteiger partial charge in [0.05, 0.1) is 0 Å². The van der Waals surface area contributed by atoms with E-state index in [4.69, 9.17) is 16.3 Å². The van der Waals surface area contributed by atoms with Crippen LogP contribution in [0.25, 0.3) is 0 Å². The van der Waals surface area contributed by atoms with Crippen molar-refractivity contribution in [2.45, 2.75) is 103 Å². The van der Waals surface area contributed by atoms with Gasteiger partial charge >= 0.3 is 5.97 Å². The zero-order chi connectivity index (χ0) is 18.9. The van der Waals surface area contributed by atoms with E-state index in [1.807, 2.05) is 24.3 Å². The summed E-state index contributed by atoms with van der Waals surface area (Å²) in [6.07, 6.45) is 17.6. The smallest absolute Gasteiger partial charge is 0.306 e. The number of halogens is 1. The van der Waals surface area contributed by atoms with Crippen LogP contribution in [0, 0.1) is 0 Å². The number of ether oxygens (including phenoxy) is 1. The molecule has 0 saturated heterocycles. The number of hydrogen-bond acceptors (Lipinski definition) is 2. The number of carbonyl (C=O) groups excluding carboxylic acids is 1. The number of unbranched alkanes of at least 4 members (excludes halogenated alkanes) is 12. The highest BCUT2D eigenvalue weighted by Crippen LogP contribution is 2.14. The third kappa shape index (κ3) is 13.2. The maximum atomic E-state index is 11.7. The van der Waals surface area contributed by atoms with Gasteiger partial charge in [0.25, 0.3) is 0 Å². The second kappa shape index (κ2) is 16.2. The molecule has 0 aliphatic carbocycles. The van der Waals surface area contributed by atoms with E-state index >= 15 is 0 Å². The van der Waals surface area contributed by atoms with Crippen LogP contribution in [0.1, 0.15) is 102 Å². The molecule has 0 heterocycles. The Morgan fingerprint density at radius 2 is 1.38 bits per heavy atom. The van der Waals surface area contributed by atoms with E-state index in [0.29, 0.717) is 18.1 Å². The van der Waals surface area contributed by atoms with Gasteiger partial charge in [0.2, 0.25) is 0 Å². The Balaban J connectivity index is 1.84. The number of benzene rings is 1. The van der Waals surface area contributed by atoms with E-state index in [1.54, 1.807) is 0 Å². The molecule has 0 aromatic heterocycles. The predicted octanol–water partition coefficient (Wildman–Crippen LogP) is 7.86. The standard InChI is InChI=1S/C23H37ClO2/c1-2-3-4-5-6-7-8-9-10-11-12-13-14-18-23(25)26-20-21-16-15-17-22(24)19-21/h15-17,19H,2-14,18,20H2,1H3. The predicted molar refractivity (Wildman–Crippen MR) is 112 cm³/mol. The van der Waals surface area contributed by atoms with E-state index in [2.05, 4.69) is 6.92 Å². The Bertz CT molecular complexity index is 473. The summed E-state index contributed by atoms with van der Waals surface area (Å²) in [6.45, 7) is 2.59. The van der Waals surface area contributed by atoms with Crippen LogP contribution in [0.4, 0.5) is 0 Å². The van der Waals surface area contributed by atoms with E-state index in [1.165, 1.54) is 70.6 Å². The fourth-order valence-electron chi connectivity index (χ4n) is 3.15. The number of hydrogen-bond donors (Lipinski definition) is 0. The minimum Gasteiger partial charge on any atom is -0.461 e. The summed E-state index contributed by atoms with van der Waals surface area (Å²) in [5, 5.41) is 0.676. The molecule has 0 aliphatic heterocycles. The van der Waals surface area contributed by atoms with Crippen LogP contribution < -0.4 is 0 Å². The minimum atomic E-state index is -0.104. The van der Waals surface area contributed by atoms with Crippen LogP contribution in [0.2, 0.25) is 5.02 Å². The van der Waals surface area contributed by atoms with E-state index in [-0.39, 0.29) is 5.97 Å². The van der Waals surface area contributed by atoms with Crippen molar-refractivity contribution in [3.8, 4) is 0 Å². The summed E-state index contributed by atoms with van der Waals surface area (Å²) < 4.78 is 5.29. The van der Waals surface area contributed by atoms with Gasteiger partial charge in [-0.3, -0.25) is 4.79 Å². The third-order valence-electron chi connectivity index (χ3n) is 4.77. The highest BCUT2D eigenvalue weighted by Gasteiger charge is 2.03. The molecule has 148 valence electrons. The topological polar surface area (TPSA) is 26.3 Å². The highest BCUT2D eigenvalue weighted by molar-refractivity contribution is 6.30. The molecule has 1 rings (SSSR count). The van der Waals surface area contributed by atoms with Crippen LogP contribution in [0.15, 0.2) is 24.3 Å². The minimum absolute atomic E-state index is 0.104. The maximum Gasteiger partial charge on any atom is 0.306 e. The molecule has 0 spiro atoms. The highest BCUT2D eigenvalue weighted by atomic mass is 35.5. The third-order valence-corrected chi connectivity index (χ3v) is 5.01. The van der Waals surface area contributed by atoms with Gasteiger partial charge < -0.3 is 4.74 Å².